The Kier molecular flexibility index (Phi) is 5.58. The van der Waals surface area contributed by atoms with Gasteiger partial charge in [-0.25, -0.2) is 0 Å². The van der Waals surface area contributed by atoms with E-state index in [-0.39, 0.29) is 5.91 Å². The Hall–Kier alpha value is -2.79. The van der Waals surface area contributed by atoms with E-state index in [0.29, 0.717) is 42.4 Å². The Morgan fingerprint density at radius 1 is 1.12 bits per heavy atom. The summed E-state index contributed by atoms with van der Waals surface area (Å²) in [5.41, 5.74) is 2.32. The third-order valence-corrected chi connectivity index (χ3v) is 4.35. The molecule has 0 atom stereocenters. The van der Waals surface area contributed by atoms with Gasteiger partial charge in [0.05, 0.1) is 19.3 Å². The molecule has 0 bridgehead atoms. The number of carbonyl (C=O) groups is 1. The van der Waals surface area contributed by atoms with Crippen LogP contribution in [0.25, 0.3) is 11.0 Å². The van der Waals surface area contributed by atoms with Crippen LogP contribution in [-0.2, 0) is 11.3 Å². The molecule has 1 amide bonds. The van der Waals surface area contributed by atoms with E-state index in [9.17, 15) is 4.79 Å². The summed E-state index contributed by atoms with van der Waals surface area (Å²) in [6.45, 7) is 3.30. The molecule has 0 aliphatic rings. The summed E-state index contributed by atoms with van der Waals surface area (Å²) in [5, 5.41) is 0.766. The number of hydrogen-bond donors (Lipinski definition) is 0. The number of nitrogens with zero attached hydrogens (tertiary/aromatic N) is 1. The van der Waals surface area contributed by atoms with Crippen molar-refractivity contribution in [1.82, 2.24) is 4.90 Å². The van der Waals surface area contributed by atoms with Crippen LogP contribution in [0.3, 0.4) is 0 Å². The number of benzene rings is 2. The highest BCUT2D eigenvalue weighted by Gasteiger charge is 2.24. The SMILES string of the molecule is COCCN(Cc1ccccc1)C(=O)c1c(C)oc2ccc(OC)cc12. The minimum Gasteiger partial charge on any atom is -0.497 e. The van der Waals surface area contributed by atoms with Gasteiger partial charge < -0.3 is 18.8 Å². The van der Waals surface area contributed by atoms with Gasteiger partial charge in [-0.2, -0.15) is 0 Å². The molecule has 0 aliphatic heterocycles. The largest absolute Gasteiger partial charge is 0.497 e. The maximum atomic E-state index is 13.3. The van der Waals surface area contributed by atoms with Gasteiger partial charge >= 0.3 is 0 Å². The quantitative estimate of drug-likeness (QED) is 0.643. The summed E-state index contributed by atoms with van der Waals surface area (Å²) in [6, 6.07) is 15.4. The van der Waals surface area contributed by atoms with Crippen molar-refractivity contribution in [2.45, 2.75) is 13.5 Å². The first-order valence-corrected chi connectivity index (χ1v) is 8.53. The van der Waals surface area contributed by atoms with Crippen molar-refractivity contribution in [3.8, 4) is 5.75 Å². The Morgan fingerprint density at radius 2 is 1.88 bits per heavy atom. The third kappa shape index (κ3) is 3.73. The second-order valence-corrected chi connectivity index (χ2v) is 6.10. The van der Waals surface area contributed by atoms with Gasteiger partial charge in [-0.3, -0.25) is 4.79 Å². The lowest BCUT2D eigenvalue weighted by molar-refractivity contribution is 0.0680. The van der Waals surface area contributed by atoms with E-state index in [4.69, 9.17) is 13.9 Å². The lowest BCUT2D eigenvalue weighted by Gasteiger charge is -2.22. The number of hydrogen-bond acceptors (Lipinski definition) is 4. The van der Waals surface area contributed by atoms with E-state index in [2.05, 4.69) is 0 Å². The van der Waals surface area contributed by atoms with E-state index in [0.717, 1.165) is 10.9 Å². The molecule has 0 spiro atoms. The molecule has 5 heteroatoms. The molecule has 0 N–H and O–H groups in total. The molecule has 2 aromatic carbocycles. The predicted molar refractivity (Wildman–Crippen MR) is 101 cm³/mol. The van der Waals surface area contributed by atoms with Crippen molar-refractivity contribution in [2.24, 2.45) is 0 Å². The molecule has 136 valence electrons. The number of ether oxygens (including phenoxy) is 2. The fraction of sp³-hybridized carbons (Fsp3) is 0.286. The molecule has 3 rings (SSSR count). The van der Waals surface area contributed by atoms with Gasteiger partial charge in [0, 0.05) is 25.6 Å². The molecule has 0 saturated heterocycles. The molecule has 3 aromatic rings. The molecule has 1 heterocycles. The monoisotopic (exact) mass is 353 g/mol. The van der Waals surface area contributed by atoms with Crippen LogP contribution >= 0.6 is 0 Å². The molecule has 0 saturated carbocycles. The first-order valence-electron chi connectivity index (χ1n) is 8.53. The van der Waals surface area contributed by atoms with Crippen molar-refractivity contribution in [3.63, 3.8) is 0 Å². The normalized spacial score (nSPS) is 10.9. The maximum absolute atomic E-state index is 13.3. The number of fused-ring (bicyclic) bond motifs is 1. The summed E-state index contributed by atoms with van der Waals surface area (Å²) >= 11 is 0. The van der Waals surface area contributed by atoms with E-state index >= 15 is 0 Å². The summed E-state index contributed by atoms with van der Waals surface area (Å²) in [6.07, 6.45) is 0. The highest BCUT2D eigenvalue weighted by molar-refractivity contribution is 6.07. The van der Waals surface area contributed by atoms with Crippen LogP contribution in [0, 0.1) is 6.92 Å². The zero-order valence-electron chi connectivity index (χ0n) is 15.3. The Balaban J connectivity index is 1.97. The first-order chi connectivity index (χ1) is 12.6. The van der Waals surface area contributed by atoms with Crippen molar-refractivity contribution in [3.05, 3.63) is 65.4 Å². The van der Waals surface area contributed by atoms with Crippen molar-refractivity contribution >= 4 is 16.9 Å². The smallest absolute Gasteiger partial charge is 0.258 e. The Labute approximate surface area is 153 Å². The van der Waals surface area contributed by atoms with Crippen molar-refractivity contribution in [2.75, 3.05) is 27.4 Å². The minimum atomic E-state index is -0.0737. The van der Waals surface area contributed by atoms with Crippen molar-refractivity contribution < 1.29 is 18.7 Å². The minimum absolute atomic E-state index is 0.0737. The van der Waals surface area contributed by atoms with Crippen LogP contribution in [-0.4, -0.2) is 38.2 Å². The molecule has 0 aliphatic carbocycles. The second-order valence-electron chi connectivity index (χ2n) is 6.10. The highest BCUT2D eigenvalue weighted by atomic mass is 16.5. The van der Waals surface area contributed by atoms with Crippen molar-refractivity contribution in [1.29, 1.82) is 0 Å². The van der Waals surface area contributed by atoms with Crippen LogP contribution in [0.1, 0.15) is 21.7 Å². The third-order valence-electron chi connectivity index (χ3n) is 4.35. The van der Waals surface area contributed by atoms with Gasteiger partial charge in [0.25, 0.3) is 5.91 Å². The maximum Gasteiger partial charge on any atom is 0.258 e. The number of amides is 1. The van der Waals surface area contributed by atoms with Crippen LogP contribution < -0.4 is 4.74 Å². The summed E-state index contributed by atoms with van der Waals surface area (Å²) in [5.74, 6) is 1.22. The zero-order valence-corrected chi connectivity index (χ0v) is 15.3. The summed E-state index contributed by atoms with van der Waals surface area (Å²) < 4.78 is 16.3. The molecule has 1 aromatic heterocycles. The van der Waals surface area contributed by atoms with E-state index in [1.54, 1.807) is 19.1 Å². The Morgan fingerprint density at radius 3 is 2.58 bits per heavy atom. The molecular formula is C21H23NO4. The lowest BCUT2D eigenvalue weighted by atomic mass is 10.1. The lowest BCUT2D eigenvalue weighted by Crippen LogP contribution is -2.33. The summed E-state index contributed by atoms with van der Waals surface area (Å²) in [4.78, 5) is 15.1. The van der Waals surface area contributed by atoms with Crippen LogP contribution in [0.4, 0.5) is 0 Å². The number of aryl methyl sites for hydroxylation is 1. The number of carbonyl (C=O) groups excluding carboxylic acids is 1. The fourth-order valence-corrected chi connectivity index (χ4v) is 3.01. The predicted octanol–water partition coefficient (Wildman–Crippen LogP) is 4.04. The molecule has 0 unspecified atom stereocenters. The van der Waals surface area contributed by atoms with Gasteiger partial charge in [-0.15, -0.1) is 0 Å². The average Bonchev–Trinajstić information content (AvgIpc) is 3.00. The van der Waals surface area contributed by atoms with Crippen LogP contribution in [0.5, 0.6) is 5.75 Å². The second kappa shape index (κ2) is 8.06. The number of furan rings is 1. The zero-order chi connectivity index (χ0) is 18.5. The van der Waals surface area contributed by atoms with Gasteiger partial charge in [0.2, 0.25) is 0 Å². The summed E-state index contributed by atoms with van der Waals surface area (Å²) in [7, 11) is 3.24. The van der Waals surface area contributed by atoms with Crippen LogP contribution in [0.15, 0.2) is 52.9 Å². The first kappa shape index (κ1) is 18.0. The number of rotatable bonds is 7. The molecular weight excluding hydrogens is 330 g/mol. The van der Waals surface area contributed by atoms with E-state index in [1.165, 1.54) is 0 Å². The van der Waals surface area contributed by atoms with Gasteiger partial charge in [0.1, 0.15) is 17.1 Å². The topological polar surface area (TPSA) is 51.9 Å². The highest BCUT2D eigenvalue weighted by Crippen LogP contribution is 2.30. The molecule has 0 fully saturated rings. The van der Waals surface area contributed by atoms with Crippen LogP contribution in [0.2, 0.25) is 0 Å². The van der Waals surface area contributed by atoms with Gasteiger partial charge in [0.15, 0.2) is 0 Å². The standard InChI is InChI=1S/C21H23NO4/c1-15-20(18-13-17(25-3)9-10-19(18)26-15)21(23)22(11-12-24-2)14-16-7-5-4-6-8-16/h4-10,13H,11-12,14H2,1-3H3. The molecule has 0 radical (unpaired) electrons. The van der Waals surface area contributed by atoms with Gasteiger partial charge in [-0.1, -0.05) is 30.3 Å². The fourth-order valence-electron chi connectivity index (χ4n) is 3.01. The molecule has 26 heavy (non-hydrogen) atoms. The van der Waals surface area contributed by atoms with Gasteiger partial charge in [-0.05, 0) is 30.7 Å². The average molecular weight is 353 g/mol. The molecule has 5 nitrogen and oxygen atoms in total. The Bertz CT molecular complexity index is 886. The number of methoxy groups -OCH3 is 2. The van der Waals surface area contributed by atoms with E-state index in [1.807, 2.05) is 55.5 Å². The van der Waals surface area contributed by atoms with E-state index < -0.39 is 0 Å².